The molecule has 1 aromatic heterocycles. The Kier molecular flexibility index (Phi) is 2.89. The number of anilines is 1. The Morgan fingerprint density at radius 2 is 2.13 bits per heavy atom. The normalized spacial score (nSPS) is 16.5. The number of aromatic nitrogens is 2. The first-order chi connectivity index (χ1) is 7.25. The van der Waals surface area contributed by atoms with Crippen LogP contribution in [0.5, 0.6) is 0 Å². The Labute approximate surface area is 89.1 Å². The summed E-state index contributed by atoms with van der Waals surface area (Å²) in [6.07, 6.45) is 6.90. The summed E-state index contributed by atoms with van der Waals surface area (Å²) < 4.78 is 1.67. The van der Waals surface area contributed by atoms with E-state index in [-0.39, 0.29) is 6.03 Å². The average molecular weight is 208 g/mol. The summed E-state index contributed by atoms with van der Waals surface area (Å²) in [6.45, 7) is 1.73. The molecular formula is C10H16N4O. The maximum Gasteiger partial charge on any atom is 0.321 e. The Morgan fingerprint density at radius 3 is 2.73 bits per heavy atom. The van der Waals surface area contributed by atoms with Gasteiger partial charge in [-0.05, 0) is 19.3 Å². The molecule has 0 spiro atoms. The highest BCUT2D eigenvalue weighted by Gasteiger charge is 2.16. The summed E-state index contributed by atoms with van der Waals surface area (Å²) >= 11 is 0. The van der Waals surface area contributed by atoms with Gasteiger partial charge in [0.2, 0.25) is 0 Å². The van der Waals surface area contributed by atoms with Crippen LogP contribution >= 0.6 is 0 Å². The molecule has 5 nitrogen and oxygen atoms in total. The third-order valence-corrected chi connectivity index (χ3v) is 2.60. The molecule has 0 saturated carbocycles. The molecule has 2 heterocycles. The van der Waals surface area contributed by atoms with Crippen molar-refractivity contribution in [1.82, 2.24) is 14.7 Å². The number of piperidine rings is 1. The molecule has 5 heteroatoms. The Hall–Kier alpha value is -1.52. The number of amides is 2. The zero-order valence-electron chi connectivity index (χ0n) is 8.94. The van der Waals surface area contributed by atoms with Gasteiger partial charge in [-0.1, -0.05) is 0 Å². The van der Waals surface area contributed by atoms with Crippen molar-refractivity contribution in [3.63, 3.8) is 0 Å². The van der Waals surface area contributed by atoms with Crippen molar-refractivity contribution in [2.24, 2.45) is 7.05 Å². The van der Waals surface area contributed by atoms with Gasteiger partial charge in [-0.15, -0.1) is 0 Å². The maximum absolute atomic E-state index is 11.8. The maximum atomic E-state index is 11.8. The second-order valence-corrected chi connectivity index (χ2v) is 3.88. The van der Waals surface area contributed by atoms with Gasteiger partial charge in [0.15, 0.2) is 0 Å². The molecule has 1 saturated heterocycles. The number of nitrogens with zero attached hydrogens (tertiary/aromatic N) is 3. The minimum atomic E-state index is -0.0114. The van der Waals surface area contributed by atoms with Gasteiger partial charge in [0, 0.05) is 26.3 Å². The molecular weight excluding hydrogens is 192 g/mol. The van der Waals surface area contributed by atoms with Crippen molar-refractivity contribution in [3.8, 4) is 0 Å². The van der Waals surface area contributed by atoms with Crippen LogP contribution in [0.1, 0.15) is 19.3 Å². The lowest BCUT2D eigenvalue weighted by molar-refractivity contribution is 0.200. The smallest absolute Gasteiger partial charge is 0.321 e. The molecule has 1 aliphatic rings. The van der Waals surface area contributed by atoms with E-state index >= 15 is 0 Å². The number of urea groups is 1. The lowest BCUT2D eigenvalue weighted by Crippen LogP contribution is -2.38. The van der Waals surface area contributed by atoms with E-state index in [4.69, 9.17) is 0 Å². The molecule has 1 fully saturated rings. The fraction of sp³-hybridized carbons (Fsp3) is 0.600. The quantitative estimate of drug-likeness (QED) is 0.759. The number of nitrogens with one attached hydrogen (secondary N) is 1. The standard InChI is InChI=1S/C10H16N4O/c1-13-8-9(7-11-13)12-10(15)14-5-3-2-4-6-14/h7-8H,2-6H2,1H3,(H,12,15). The van der Waals surface area contributed by atoms with Gasteiger partial charge in [-0.2, -0.15) is 5.10 Å². The van der Waals surface area contributed by atoms with Gasteiger partial charge >= 0.3 is 6.03 Å². The van der Waals surface area contributed by atoms with Crippen LogP contribution in [0.3, 0.4) is 0 Å². The molecule has 0 aliphatic carbocycles. The first-order valence-corrected chi connectivity index (χ1v) is 5.30. The fourth-order valence-corrected chi connectivity index (χ4v) is 1.79. The van der Waals surface area contributed by atoms with Crippen molar-refractivity contribution in [3.05, 3.63) is 12.4 Å². The largest absolute Gasteiger partial charge is 0.325 e. The summed E-state index contributed by atoms with van der Waals surface area (Å²) in [5.41, 5.74) is 0.757. The molecule has 1 aliphatic heterocycles. The summed E-state index contributed by atoms with van der Waals surface area (Å²) in [4.78, 5) is 13.6. The van der Waals surface area contributed by atoms with E-state index < -0.39 is 0 Å². The van der Waals surface area contributed by atoms with Gasteiger partial charge in [0.05, 0.1) is 11.9 Å². The number of likely N-dealkylation sites (tertiary alicyclic amines) is 1. The van der Waals surface area contributed by atoms with E-state index in [0.717, 1.165) is 31.6 Å². The Morgan fingerprint density at radius 1 is 1.40 bits per heavy atom. The van der Waals surface area contributed by atoms with Crippen molar-refractivity contribution in [1.29, 1.82) is 0 Å². The topological polar surface area (TPSA) is 50.2 Å². The zero-order valence-corrected chi connectivity index (χ0v) is 8.94. The molecule has 2 amide bonds. The summed E-state index contributed by atoms with van der Waals surface area (Å²) in [5.74, 6) is 0. The zero-order chi connectivity index (χ0) is 10.7. The molecule has 0 aromatic carbocycles. The van der Waals surface area contributed by atoms with E-state index in [0.29, 0.717) is 0 Å². The average Bonchev–Trinajstić information content (AvgIpc) is 2.65. The van der Waals surface area contributed by atoms with Crippen LogP contribution < -0.4 is 5.32 Å². The molecule has 0 atom stereocenters. The molecule has 1 N–H and O–H groups in total. The third kappa shape index (κ3) is 2.49. The summed E-state index contributed by atoms with van der Waals surface area (Å²) in [5, 5.41) is 6.83. The van der Waals surface area contributed by atoms with Crippen LogP contribution in [0.25, 0.3) is 0 Å². The van der Waals surface area contributed by atoms with E-state index in [9.17, 15) is 4.79 Å². The number of rotatable bonds is 1. The number of aryl methyl sites for hydroxylation is 1. The molecule has 15 heavy (non-hydrogen) atoms. The Balaban J connectivity index is 1.91. The lowest BCUT2D eigenvalue weighted by Gasteiger charge is -2.26. The van der Waals surface area contributed by atoms with Gasteiger partial charge in [-0.25, -0.2) is 4.79 Å². The van der Waals surface area contributed by atoms with E-state index in [1.807, 2.05) is 11.9 Å². The second-order valence-electron chi connectivity index (χ2n) is 3.88. The highest BCUT2D eigenvalue weighted by atomic mass is 16.2. The molecule has 1 aromatic rings. The summed E-state index contributed by atoms with van der Waals surface area (Å²) in [7, 11) is 1.83. The molecule has 2 rings (SSSR count). The van der Waals surface area contributed by atoms with E-state index in [1.165, 1.54) is 6.42 Å². The first-order valence-electron chi connectivity index (χ1n) is 5.30. The van der Waals surface area contributed by atoms with Crippen LogP contribution in [0.4, 0.5) is 10.5 Å². The van der Waals surface area contributed by atoms with Crippen LogP contribution in [-0.4, -0.2) is 33.8 Å². The fourth-order valence-electron chi connectivity index (χ4n) is 1.79. The third-order valence-electron chi connectivity index (χ3n) is 2.60. The predicted molar refractivity (Wildman–Crippen MR) is 57.7 cm³/mol. The highest BCUT2D eigenvalue weighted by Crippen LogP contribution is 2.11. The predicted octanol–water partition coefficient (Wildman–Crippen LogP) is 1.44. The van der Waals surface area contributed by atoms with Crippen molar-refractivity contribution < 1.29 is 4.79 Å². The second kappa shape index (κ2) is 4.33. The monoisotopic (exact) mass is 208 g/mol. The van der Waals surface area contributed by atoms with Crippen LogP contribution in [0, 0.1) is 0 Å². The van der Waals surface area contributed by atoms with Crippen molar-refractivity contribution >= 4 is 11.7 Å². The van der Waals surface area contributed by atoms with Gasteiger partial charge in [0.25, 0.3) is 0 Å². The minimum absolute atomic E-state index is 0.0114. The lowest BCUT2D eigenvalue weighted by atomic mass is 10.1. The van der Waals surface area contributed by atoms with Crippen LogP contribution in [0.2, 0.25) is 0 Å². The van der Waals surface area contributed by atoms with E-state index in [2.05, 4.69) is 10.4 Å². The number of carbonyl (C=O) groups excluding carboxylic acids is 1. The van der Waals surface area contributed by atoms with Crippen LogP contribution in [0.15, 0.2) is 12.4 Å². The molecule has 0 unspecified atom stereocenters. The molecule has 0 radical (unpaired) electrons. The molecule has 0 bridgehead atoms. The number of carbonyl (C=O) groups is 1. The van der Waals surface area contributed by atoms with Gasteiger partial charge < -0.3 is 10.2 Å². The Bertz CT molecular complexity index is 341. The first kappa shape index (κ1) is 10.0. The minimum Gasteiger partial charge on any atom is -0.325 e. The van der Waals surface area contributed by atoms with Crippen molar-refractivity contribution in [2.45, 2.75) is 19.3 Å². The number of hydrogen-bond acceptors (Lipinski definition) is 2. The SMILES string of the molecule is Cn1cc(NC(=O)N2CCCCC2)cn1. The summed E-state index contributed by atoms with van der Waals surface area (Å²) in [6, 6.07) is -0.0114. The highest BCUT2D eigenvalue weighted by molar-refractivity contribution is 5.89. The van der Waals surface area contributed by atoms with Gasteiger partial charge in [-0.3, -0.25) is 4.68 Å². The van der Waals surface area contributed by atoms with Crippen LogP contribution in [-0.2, 0) is 7.05 Å². The van der Waals surface area contributed by atoms with E-state index in [1.54, 1.807) is 17.1 Å². The van der Waals surface area contributed by atoms with Crippen molar-refractivity contribution in [2.75, 3.05) is 18.4 Å². The van der Waals surface area contributed by atoms with Gasteiger partial charge in [0.1, 0.15) is 0 Å². The molecule has 82 valence electrons. The number of hydrogen-bond donors (Lipinski definition) is 1.